The predicted molar refractivity (Wildman–Crippen MR) is 81.9 cm³/mol. The summed E-state index contributed by atoms with van der Waals surface area (Å²) < 4.78 is 0.560. The van der Waals surface area contributed by atoms with Crippen LogP contribution < -0.4 is 16.2 Å². The molecule has 0 saturated heterocycles. The fourth-order valence-corrected chi connectivity index (χ4v) is 2.68. The summed E-state index contributed by atoms with van der Waals surface area (Å²) >= 11 is 6.42. The van der Waals surface area contributed by atoms with Crippen molar-refractivity contribution in [3.63, 3.8) is 0 Å². The first-order valence-corrected chi connectivity index (χ1v) is 7.47. The fraction of sp³-hybridized carbons (Fsp3) is 0.231. The topological polar surface area (TPSA) is 95.6 Å². The van der Waals surface area contributed by atoms with E-state index in [4.69, 9.17) is 12.2 Å². The number of carbonyl (C=O) groups excluding carboxylic acids is 1. The van der Waals surface area contributed by atoms with E-state index in [-0.39, 0.29) is 0 Å². The van der Waals surface area contributed by atoms with E-state index in [2.05, 4.69) is 16.0 Å². The first-order chi connectivity index (χ1) is 9.58. The average molecular weight is 309 g/mol. The summed E-state index contributed by atoms with van der Waals surface area (Å²) in [6.07, 6.45) is 1.94. The first kappa shape index (κ1) is 14.8. The lowest BCUT2D eigenvalue weighted by Gasteiger charge is -2.10. The molecule has 0 radical (unpaired) electrons. The highest BCUT2D eigenvalue weighted by Crippen LogP contribution is 2.17. The van der Waals surface area contributed by atoms with Gasteiger partial charge in [0, 0.05) is 23.6 Å². The summed E-state index contributed by atoms with van der Waals surface area (Å²) in [6.45, 7) is 0.600. The minimum Gasteiger partial charge on any atom is -0.544 e. The molecule has 1 heterocycles. The van der Waals surface area contributed by atoms with Gasteiger partial charge in [0.05, 0.1) is 11.7 Å². The second-order valence-corrected chi connectivity index (χ2v) is 6.02. The Labute approximate surface area is 125 Å². The number of para-hydroxylation sites is 1. The number of quaternary nitrogens is 1. The molecule has 106 valence electrons. The van der Waals surface area contributed by atoms with Crippen molar-refractivity contribution in [2.24, 2.45) is 0 Å². The second kappa shape index (κ2) is 6.74. The van der Waals surface area contributed by atoms with Crippen LogP contribution in [0.15, 0.2) is 30.5 Å². The molecule has 0 bridgehead atoms. The molecule has 0 unspecified atom stereocenters. The monoisotopic (exact) mass is 309 g/mol. The van der Waals surface area contributed by atoms with Gasteiger partial charge >= 0.3 is 0 Å². The molecular formula is C13H15N3O2S2. The Bertz CT molecular complexity index is 627. The van der Waals surface area contributed by atoms with Gasteiger partial charge in [0.2, 0.25) is 0 Å². The molecule has 20 heavy (non-hydrogen) atoms. The number of nitrogens with one attached hydrogen (secondary N) is 2. The summed E-state index contributed by atoms with van der Waals surface area (Å²) in [4.78, 5) is 13.7. The van der Waals surface area contributed by atoms with Crippen LogP contribution in [0.1, 0.15) is 5.56 Å². The first-order valence-electron chi connectivity index (χ1n) is 6.07. The number of thiocarbonyl (C=S) groups is 1. The number of aromatic amines is 1. The van der Waals surface area contributed by atoms with Gasteiger partial charge in [0.25, 0.3) is 0 Å². The van der Waals surface area contributed by atoms with Crippen LogP contribution in [0.5, 0.6) is 0 Å². The Morgan fingerprint density at radius 3 is 3.00 bits per heavy atom. The third-order valence-corrected chi connectivity index (χ3v) is 4.32. The molecule has 0 amide bonds. The Morgan fingerprint density at radius 1 is 1.50 bits per heavy atom. The molecule has 7 heteroatoms. The molecule has 0 aliphatic heterocycles. The molecule has 5 nitrogen and oxygen atoms in total. The molecule has 0 saturated carbocycles. The van der Waals surface area contributed by atoms with E-state index in [9.17, 15) is 9.90 Å². The average Bonchev–Trinajstić information content (AvgIpc) is 2.85. The molecule has 1 aromatic carbocycles. The van der Waals surface area contributed by atoms with E-state index in [1.807, 2.05) is 30.5 Å². The van der Waals surface area contributed by atoms with Gasteiger partial charge in [-0.2, -0.15) is 0 Å². The van der Waals surface area contributed by atoms with Crippen molar-refractivity contribution >= 4 is 45.2 Å². The molecule has 0 aliphatic rings. The molecule has 2 aromatic rings. The summed E-state index contributed by atoms with van der Waals surface area (Å²) in [5, 5.41) is 14.8. The van der Waals surface area contributed by atoms with Gasteiger partial charge in [-0.1, -0.05) is 42.2 Å². The van der Waals surface area contributed by atoms with E-state index in [1.165, 1.54) is 11.8 Å². The van der Waals surface area contributed by atoms with Crippen molar-refractivity contribution in [1.82, 2.24) is 10.3 Å². The van der Waals surface area contributed by atoms with Crippen LogP contribution in [0, 0.1) is 0 Å². The third-order valence-electron chi connectivity index (χ3n) is 2.85. The van der Waals surface area contributed by atoms with Crippen LogP contribution in [-0.2, 0) is 11.3 Å². The third kappa shape index (κ3) is 3.72. The van der Waals surface area contributed by atoms with Gasteiger partial charge < -0.3 is 25.9 Å². The minimum atomic E-state index is -1.16. The maximum absolute atomic E-state index is 10.5. The molecule has 1 atom stereocenters. The molecule has 5 N–H and O–H groups in total. The van der Waals surface area contributed by atoms with Gasteiger partial charge in [-0.05, 0) is 11.6 Å². The van der Waals surface area contributed by atoms with Crippen LogP contribution in [-0.4, -0.2) is 27.1 Å². The Kier molecular flexibility index (Phi) is 4.99. The van der Waals surface area contributed by atoms with E-state index < -0.39 is 12.0 Å². The number of benzene rings is 1. The fourth-order valence-electron chi connectivity index (χ4n) is 1.74. The standard InChI is InChI=1S/C13H15N3O2S2/c14-10(12(17)18)7-20-13(19)16-6-8-5-15-11-4-2-1-3-9(8)11/h1-5,10,15H,6-7,14H2,(H,16,19)(H,17,18)/t10-/m0/s1. The van der Waals surface area contributed by atoms with Crippen molar-refractivity contribution in [3.8, 4) is 0 Å². The summed E-state index contributed by atoms with van der Waals surface area (Å²) in [7, 11) is 0. The smallest absolute Gasteiger partial charge is 0.134 e. The van der Waals surface area contributed by atoms with Crippen LogP contribution in [0.2, 0.25) is 0 Å². The zero-order valence-corrected chi connectivity index (χ0v) is 12.4. The van der Waals surface area contributed by atoms with Crippen LogP contribution in [0.25, 0.3) is 10.9 Å². The van der Waals surface area contributed by atoms with Crippen molar-refractivity contribution in [1.29, 1.82) is 0 Å². The van der Waals surface area contributed by atoms with Crippen molar-refractivity contribution < 1.29 is 15.6 Å². The Hall–Kier alpha value is -1.57. The van der Waals surface area contributed by atoms with Gasteiger partial charge in [-0.25, -0.2) is 0 Å². The number of hydrogen-bond donors (Lipinski definition) is 3. The number of carboxylic acids is 1. The second-order valence-electron chi connectivity index (χ2n) is 4.33. The number of aliphatic carboxylic acids is 1. The summed E-state index contributed by atoms with van der Waals surface area (Å²) in [5.74, 6) is -0.848. The number of rotatable bonds is 5. The lowest BCUT2D eigenvalue weighted by molar-refractivity contribution is -0.431. The molecular weight excluding hydrogens is 294 g/mol. The maximum Gasteiger partial charge on any atom is 0.134 e. The van der Waals surface area contributed by atoms with Crippen molar-refractivity contribution in [3.05, 3.63) is 36.0 Å². The largest absolute Gasteiger partial charge is 0.544 e. The SMILES string of the molecule is [NH3+][C@@H](CSC(=S)NCc1c[nH]c2ccccc12)C(=O)[O-]. The lowest BCUT2D eigenvalue weighted by Crippen LogP contribution is -2.69. The molecule has 0 spiro atoms. The number of aromatic nitrogens is 1. The van der Waals surface area contributed by atoms with E-state index in [0.29, 0.717) is 16.6 Å². The number of hydrogen-bond acceptors (Lipinski definition) is 4. The van der Waals surface area contributed by atoms with Crippen molar-refractivity contribution in [2.75, 3.05) is 5.75 Å². The Balaban J connectivity index is 1.86. The Morgan fingerprint density at radius 2 is 2.25 bits per heavy atom. The van der Waals surface area contributed by atoms with Crippen molar-refractivity contribution in [2.45, 2.75) is 12.6 Å². The normalized spacial score (nSPS) is 12.2. The van der Waals surface area contributed by atoms with E-state index in [0.717, 1.165) is 16.5 Å². The summed E-state index contributed by atoms with van der Waals surface area (Å²) in [5.41, 5.74) is 5.69. The van der Waals surface area contributed by atoms with Gasteiger partial charge in [-0.15, -0.1) is 0 Å². The van der Waals surface area contributed by atoms with Crippen LogP contribution in [0.3, 0.4) is 0 Å². The number of thioether (sulfide) groups is 1. The van der Waals surface area contributed by atoms with Crippen LogP contribution in [0.4, 0.5) is 0 Å². The number of carbonyl (C=O) groups is 1. The van der Waals surface area contributed by atoms with E-state index in [1.54, 1.807) is 0 Å². The van der Waals surface area contributed by atoms with Gasteiger partial charge in [0.15, 0.2) is 0 Å². The quantitative estimate of drug-likeness (QED) is 0.655. The lowest BCUT2D eigenvalue weighted by atomic mass is 10.2. The van der Waals surface area contributed by atoms with Crippen LogP contribution >= 0.6 is 24.0 Å². The highest BCUT2D eigenvalue weighted by molar-refractivity contribution is 8.23. The molecule has 1 aromatic heterocycles. The minimum absolute atomic E-state index is 0.308. The number of fused-ring (bicyclic) bond motifs is 1. The van der Waals surface area contributed by atoms with Gasteiger partial charge in [-0.3, -0.25) is 0 Å². The summed E-state index contributed by atoms with van der Waals surface area (Å²) in [6, 6.07) is 7.26. The number of carboxylic acid groups (broad SMARTS) is 1. The van der Waals surface area contributed by atoms with Gasteiger partial charge in [0.1, 0.15) is 10.4 Å². The molecule has 0 fully saturated rings. The predicted octanol–water partition coefficient (Wildman–Crippen LogP) is -0.364. The van der Waals surface area contributed by atoms with E-state index >= 15 is 0 Å². The number of H-pyrrole nitrogens is 1. The zero-order valence-electron chi connectivity index (χ0n) is 10.7. The highest BCUT2D eigenvalue weighted by Gasteiger charge is 2.09. The maximum atomic E-state index is 10.5. The molecule has 0 aliphatic carbocycles. The molecule has 2 rings (SSSR count). The zero-order chi connectivity index (χ0) is 14.5. The highest BCUT2D eigenvalue weighted by atomic mass is 32.2.